The molecule has 34 heavy (non-hydrogen) atoms. The van der Waals surface area contributed by atoms with Crippen molar-refractivity contribution in [3.8, 4) is 22.5 Å². The number of alkyl halides is 6. The first-order valence-corrected chi connectivity index (χ1v) is 11.1. The van der Waals surface area contributed by atoms with Crippen LogP contribution in [0, 0.1) is 0 Å². The van der Waals surface area contributed by atoms with Gasteiger partial charge in [-0.2, -0.15) is 36.5 Å². The molecule has 0 aliphatic heterocycles. The van der Waals surface area contributed by atoms with Gasteiger partial charge in [0.05, 0.1) is 22.0 Å². The Morgan fingerprint density at radius 1 is 0.882 bits per heavy atom. The lowest BCUT2D eigenvalue weighted by Gasteiger charge is -2.11. The lowest BCUT2D eigenvalue weighted by Crippen LogP contribution is -2.08. The van der Waals surface area contributed by atoms with E-state index >= 15 is 0 Å². The number of sulfone groups is 1. The zero-order chi connectivity index (χ0) is 25.1. The summed E-state index contributed by atoms with van der Waals surface area (Å²) in [5.41, 5.74) is -2.54. The molecule has 0 aliphatic carbocycles. The van der Waals surface area contributed by atoms with Crippen molar-refractivity contribution < 1.29 is 34.8 Å². The average molecular weight is 504 g/mol. The number of rotatable bonds is 4. The minimum absolute atomic E-state index is 0.0330. The molecule has 0 bridgehead atoms. The fourth-order valence-corrected chi connectivity index (χ4v) is 4.29. The lowest BCUT2D eigenvalue weighted by molar-refractivity contribution is -0.142. The third-order valence-electron chi connectivity index (χ3n) is 4.91. The summed E-state index contributed by atoms with van der Waals surface area (Å²) >= 11 is 0. The van der Waals surface area contributed by atoms with Gasteiger partial charge in [0.15, 0.2) is 26.9 Å². The van der Waals surface area contributed by atoms with Crippen molar-refractivity contribution in [2.45, 2.75) is 24.2 Å². The maximum Gasteiger partial charge on any atom is 0.435 e. The van der Waals surface area contributed by atoms with Crippen LogP contribution in [-0.2, 0) is 29.2 Å². The molecular weight excluding hydrogens is 490 g/mol. The molecule has 0 unspecified atom stereocenters. The Morgan fingerprint density at radius 2 is 1.50 bits per heavy atom. The van der Waals surface area contributed by atoms with E-state index in [0.29, 0.717) is 0 Å². The minimum Gasteiger partial charge on any atom is -0.267 e. The molecule has 8 nitrogen and oxygen atoms in total. The maximum absolute atomic E-state index is 13.0. The second-order valence-corrected chi connectivity index (χ2v) is 9.43. The zero-order valence-corrected chi connectivity index (χ0v) is 18.2. The van der Waals surface area contributed by atoms with Gasteiger partial charge in [0.25, 0.3) is 0 Å². The van der Waals surface area contributed by atoms with E-state index in [2.05, 4.69) is 20.2 Å². The van der Waals surface area contributed by atoms with Crippen molar-refractivity contribution in [3.05, 3.63) is 48.2 Å². The predicted octanol–water partition coefficient (Wildman–Crippen LogP) is 4.02. The van der Waals surface area contributed by atoms with Crippen LogP contribution in [-0.4, -0.2) is 43.5 Å². The highest BCUT2D eigenvalue weighted by atomic mass is 32.2. The second-order valence-electron chi connectivity index (χ2n) is 7.18. The minimum atomic E-state index is -4.71. The monoisotopic (exact) mass is 504 g/mol. The molecular formula is C19H14F6N6O2S. The van der Waals surface area contributed by atoms with Gasteiger partial charge in [0.2, 0.25) is 0 Å². The second kappa shape index (κ2) is 7.78. The molecule has 0 N–H and O–H groups in total. The number of pyridine rings is 1. The lowest BCUT2D eigenvalue weighted by atomic mass is 10.1. The standard InChI is InChI=1S/C19H14F6N6O2S/c1-3-34(32,33)13-4-10(12-5-14(18(20,21)22)28-30(12)2)7-27-17(13)11-8-26-16-6-15(19(23,24)25)29-31(16)9-11/h4-9H,3H2,1-2H3. The van der Waals surface area contributed by atoms with Crippen LogP contribution < -0.4 is 0 Å². The van der Waals surface area contributed by atoms with Gasteiger partial charge >= 0.3 is 12.4 Å². The van der Waals surface area contributed by atoms with E-state index in [1.807, 2.05) is 0 Å². The SMILES string of the molecule is CCS(=O)(=O)c1cc(-c2cc(C(F)(F)F)nn2C)cnc1-c1cnc2cc(C(F)(F)F)nn2c1. The molecule has 0 amide bonds. The summed E-state index contributed by atoms with van der Waals surface area (Å²) in [6.45, 7) is 1.36. The fourth-order valence-electron chi connectivity index (χ4n) is 3.21. The van der Waals surface area contributed by atoms with Gasteiger partial charge in [-0.3, -0.25) is 9.67 Å². The Hall–Kier alpha value is -3.49. The maximum atomic E-state index is 13.0. The van der Waals surface area contributed by atoms with Gasteiger partial charge in [-0.25, -0.2) is 17.9 Å². The molecule has 0 fully saturated rings. The molecule has 0 spiro atoms. The van der Waals surface area contributed by atoms with Gasteiger partial charge in [-0.15, -0.1) is 0 Å². The van der Waals surface area contributed by atoms with E-state index < -0.39 is 33.6 Å². The van der Waals surface area contributed by atoms with Crippen LogP contribution in [0.4, 0.5) is 26.3 Å². The highest BCUT2D eigenvalue weighted by Crippen LogP contribution is 2.34. The van der Waals surface area contributed by atoms with E-state index in [9.17, 15) is 34.8 Å². The molecule has 0 atom stereocenters. The quantitative estimate of drug-likeness (QED) is 0.390. The largest absolute Gasteiger partial charge is 0.435 e. The van der Waals surface area contributed by atoms with Crippen LogP contribution in [0.15, 0.2) is 41.7 Å². The molecule has 0 aliphatic rings. The van der Waals surface area contributed by atoms with Crippen LogP contribution in [0.1, 0.15) is 18.3 Å². The van der Waals surface area contributed by atoms with E-state index in [4.69, 9.17) is 0 Å². The number of hydrogen-bond donors (Lipinski definition) is 0. The number of aryl methyl sites for hydroxylation is 1. The molecule has 0 aromatic carbocycles. The Labute approximate surface area is 187 Å². The van der Waals surface area contributed by atoms with Crippen molar-refractivity contribution in [2.75, 3.05) is 5.75 Å². The summed E-state index contributed by atoms with van der Waals surface area (Å²) in [5, 5.41) is 6.83. The summed E-state index contributed by atoms with van der Waals surface area (Å²) in [4.78, 5) is 7.67. The smallest absolute Gasteiger partial charge is 0.267 e. The molecule has 15 heteroatoms. The summed E-state index contributed by atoms with van der Waals surface area (Å²) in [6, 6.07) is 2.63. The molecule has 4 heterocycles. The molecule has 4 rings (SSSR count). The summed E-state index contributed by atoms with van der Waals surface area (Å²) < 4.78 is 105. The van der Waals surface area contributed by atoms with E-state index in [1.165, 1.54) is 14.0 Å². The summed E-state index contributed by atoms with van der Waals surface area (Å²) in [6.07, 6.45) is -5.99. The Balaban J connectivity index is 1.88. The van der Waals surface area contributed by atoms with Crippen LogP contribution in [0.5, 0.6) is 0 Å². The normalized spacial score (nSPS) is 13.1. The van der Waals surface area contributed by atoms with Crippen molar-refractivity contribution in [3.63, 3.8) is 0 Å². The van der Waals surface area contributed by atoms with Gasteiger partial charge in [0, 0.05) is 42.8 Å². The number of hydrogen-bond acceptors (Lipinski definition) is 6. The van der Waals surface area contributed by atoms with Crippen molar-refractivity contribution in [1.82, 2.24) is 29.4 Å². The van der Waals surface area contributed by atoms with Crippen LogP contribution >= 0.6 is 0 Å². The van der Waals surface area contributed by atoms with Crippen molar-refractivity contribution >= 4 is 15.5 Å². The summed E-state index contributed by atoms with van der Waals surface area (Å²) in [7, 11) is -2.70. The highest BCUT2D eigenvalue weighted by molar-refractivity contribution is 7.91. The molecule has 0 saturated heterocycles. The Morgan fingerprint density at radius 3 is 2.09 bits per heavy atom. The highest BCUT2D eigenvalue weighted by Gasteiger charge is 2.35. The zero-order valence-electron chi connectivity index (χ0n) is 17.3. The first-order valence-electron chi connectivity index (χ1n) is 9.48. The van der Waals surface area contributed by atoms with Crippen LogP contribution in [0.2, 0.25) is 0 Å². The Kier molecular flexibility index (Phi) is 5.42. The third kappa shape index (κ3) is 4.22. The first kappa shape index (κ1) is 23.7. The van der Waals surface area contributed by atoms with Gasteiger partial charge < -0.3 is 0 Å². The van der Waals surface area contributed by atoms with Gasteiger partial charge in [-0.1, -0.05) is 6.92 Å². The third-order valence-corrected chi connectivity index (χ3v) is 6.65. The van der Waals surface area contributed by atoms with E-state index in [1.54, 1.807) is 0 Å². The number of halogens is 6. The fraction of sp³-hybridized carbons (Fsp3) is 0.263. The van der Waals surface area contributed by atoms with Crippen molar-refractivity contribution in [2.24, 2.45) is 7.05 Å². The van der Waals surface area contributed by atoms with E-state index in [-0.39, 0.29) is 38.8 Å². The molecule has 180 valence electrons. The predicted molar refractivity (Wildman–Crippen MR) is 106 cm³/mol. The molecule has 0 saturated carbocycles. The number of nitrogens with zero attached hydrogens (tertiary/aromatic N) is 6. The average Bonchev–Trinajstić information content (AvgIpc) is 3.36. The number of aromatic nitrogens is 6. The Bertz CT molecular complexity index is 1500. The molecule has 4 aromatic heterocycles. The first-order chi connectivity index (χ1) is 15.7. The van der Waals surface area contributed by atoms with Crippen molar-refractivity contribution in [1.29, 1.82) is 0 Å². The topological polar surface area (TPSA) is 95.0 Å². The molecule has 0 radical (unpaired) electrons. The summed E-state index contributed by atoms with van der Waals surface area (Å²) in [5.74, 6) is -0.361. The van der Waals surface area contributed by atoms with E-state index in [0.717, 1.165) is 46.0 Å². The van der Waals surface area contributed by atoms with Gasteiger partial charge in [0.1, 0.15) is 0 Å². The van der Waals surface area contributed by atoms with Gasteiger partial charge in [-0.05, 0) is 12.1 Å². The van der Waals surface area contributed by atoms with Crippen LogP contribution in [0.3, 0.4) is 0 Å². The van der Waals surface area contributed by atoms with Crippen LogP contribution in [0.25, 0.3) is 28.2 Å². The number of fused-ring (bicyclic) bond motifs is 1. The molecule has 4 aromatic rings.